The smallest absolute Gasteiger partial charge is 0.163 e. The Morgan fingerprint density at radius 3 is 2.76 bits per heavy atom. The van der Waals surface area contributed by atoms with E-state index in [1.807, 2.05) is 18.2 Å². The first-order chi connectivity index (χ1) is 7.98. The molecule has 2 nitrogen and oxygen atoms in total. The highest BCUT2D eigenvalue weighted by Crippen LogP contribution is 2.28. The molecule has 0 heterocycles. The SMILES string of the molecule is C#CC(C)(C)Oc1cc(Br)ccc1C=CC=O. The molecule has 0 saturated heterocycles. The lowest BCUT2D eigenvalue weighted by atomic mass is 10.1. The summed E-state index contributed by atoms with van der Waals surface area (Å²) in [5.41, 5.74) is 0.119. The van der Waals surface area contributed by atoms with Gasteiger partial charge in [0.2, 0.25) is 0 Å². The molecule has 0 aliphatic heterocycles. The average Bonchev–Trinajstić information content (AvgIpc) is 2.28. The first kappa shape index (κ1) is 13.5. The Balaban J connectivity index is 3.12. The highest BCUT2D eigenvalue weighted by atomic mass is 79.9. The summed E-state index contributed by atoms with van der Waals surface area (Å²) in [7, 11) is 0. The predicted molar refractivity (Wildman–Crippen MR) is 72.8 cm³/mol. The Morgan fingerprint density at radius 2 is 2.18 bits per heavy atom. The molecule has 3 heteroatoms. The maximum Gasteiger partial charge on any atom is 0.163 e. The van der Waals surface area contributed by atoms with Crippen molar-refractivity contribution < 1.29 is 9.53 Å². The minimum absolute atomic E-state index is 0.639. The van der Waals surface area contributed by atoms with Gasteiger partial charge in [-0.2, -0.15) is 0 Å². The molecule has 0 radical (unpaired) electrons. The fraction of sp³-hybridized carbons (Fsp3) is 0.214. The largest absolute Gasteiger partial charge is 0.475 e. The van der Waals surface area contributed by atoms with Crippen molar-refractivity contribution in [3.63, 3.8) is 0 Å². The molecule has 17 heavy (non-hydrogen) atoms. The fourth-order valence-corrected chi connectivity index (χ4v) is 1.52. The number of allylic oxidation sites excluding steroid dienone is 1. The monoisotopic (exact) mass is 292 g/mol. The van der Waals surface area contributed by atoms with Gasteiger partial charge in [-0.05, 0) is 38.1 Å². The van der Waals surface area contributed by atoms with Crippen LogP contribution in [0.3, 0.4) is 0 Å². The topological polar surface area (TPSA) is 26.3 Å². The van der Waals surface area contributed by atoms with Gasteiger partial charge in [0.25, 0.3) is 0 Å². The van der Waals surface area contributed by atoms with Crippen LogP contribution in [-0.2, 0) is 4.79 Å². The van der Waals surface area contributed by atoms with Gasteiger partial charge >= 0.3 is 0 Å². The van der Waals surface area contributed by atoms with Crippen LogP contribution in [0, 0.1) is 12.3 Å². The zero-order valence-electron chi connectivity index (χ0n) is 9.74. The van der Waals surface area contributed by atoms with E-state index in [9.17, 15) is 4.79 Å². The van der Waals surface area contributed by atoms with Crippen molar-refractivity contribution in [1.29, 1.82) is 0 Å². The van der Waals surface area contributed by atoms with E-state index in [2.05, 4.69) is 21.9 Å². The summed E-state index contributed by atoms with van der Waals surface area (Å²) in [4.78, 5) is 10.3. The van der Waals surface area contributed by atoms with Crippen LogP contribution in [0.4, 0.5) is 0 Å². The van der Waals surface area contributed by atoms with E-state index in [0.717, 1.165) is 16.3 Å². The molecule has 88 valence electrons. The van der Waals surface area contributed by atoms with Crippen molar-refractivity contribution in [1.82, 2.24) is 0 Å². The van der Waals surface area contributed by atoms with E-state index in [1.165, 1.54) is 6.08 Å². The zero-order chi connectivity index (χ0) is 12.9. The van der Waals surface area contributed by atoms with E-state index in [-0.39, 0.29) is 0 Å². The highest BCUT2D eigenvalue weighted by molar-refractivity contribution is 9.10. The fourth-order valence-electron chi connectivity index (χ4n) is 1.18. The molecule has 0 aromatic heterocycles. The van der Waals surface area contributed by atoms with Crippen LogP contribution in [0.1, 0.15) is 19.4 Å². The third-order valence-electron chi connectivity index (χ3n) is 2.04. The summed E-state index contributed by atoms with van der Waals surface area (Å²) < 4.78 is 6.62. The number of carbonyl (C=O) groups excluding carboxylic acids is 1. The molecule has 0 unspecified atom stereocenters. The van der Waals surface area contributed by atoms with Gasteiger partial charge in [0.05, 0.1) is 0 Å². The molecule has 1 aromatic rings. The molecular weight excluding hydrogens is 280 g/mol. The Kier molecular flexibility index (Phi) is 4.53. The lowest BCUT2D eigenvalue weighted by molar-refractivity contribution is -0.104. The van der Waals surface area contributed by atoms with Crippen molar-refractivity contribution in [3.05, 3.63) is 34.3 Å². The zero-order valence-corrected chi connectivity index (χ0v) is 11.3. The summed E-state index contributed by atoms with van der Waals surface area (Å²) in [6, 6.07) is 5.55. The van der Waals surface area contributed by atoms with Crippen molar-refractivity contribution in [3.8, 4) is 18.1 Å². The summed E-state index contributed by atoms with van der Waals surface area (Å²) in [5.74, 6) is 3.20. The number of hydrogen-bond donors (Lipinski definition) is 0. The van der Waals surface area contributed by atoms with Crippen molar-refractivity contribution in [2.75, 3.05) is 0 Å². The Labute approximate surface area is 110 Å². The molecule has 0 aliphatic carbocycles. The minimum atomic E-state index is -0.690. The van der Waals surface area contributed by atoms with Gasteiger partial charge in [-0.3, -0.25) is 4.79 Å². The molecule has 0 atom stereocenters. The number of hydrogen-bond acceptors (Lipinski definition) is 2. The quantitative estimate of drug-likeness (QED) is 0.483. The number of ether oxygens (including phenoxy) is 1. The van der Waals surface area contributed by atoms with E-state index < -0.39 is 5.60 Å². The van der Waals surface area contributed by atoms with Gasteiger partial charge in [-0.15, -0.1) is 6.42 Å². The number of terminal acetylenes is 1. The third kappa shape index (κ3) is 4.08. The van der Waals surface area contributed by atoms with E-state index in [4.69, 9.17) is 11.2 Å². The average molecular weight is 293 g/mol. The molecule has 0 aliphatic rings. The molecule has 0 N–H and O–H groups in total. The van der Waals surface area contributed by atoms with Crippen LogP contribution in [0.15, 0.2) is 28.7 Å². The summed E-state index contributed by atoms with van der Waals surface area (Å²) in [6.07, 6.45) is 9.20. The lowest BCUT2D eigenvalue weighted by Gasteiger charge is -2.21. The number of halogens is 1. The normalized spacial score (nSPS) is 11.2. The van der Waals surface area contributed by atoms with Gasteiger partial charge in [0, 0.05) is 10.0 Å². The van der Waals surface area contributed by atoms with Gasteiger partial charge < -0.3 is 4.74 Å². The molecule has 0 saturated carbocycles. The predicted octanol–water partition coefficient (Wildman–Crippen LogP) is 3.45. The van der Waals surface area contributed by atoms with Gasteiger partial charge in [0.15, 0.2) is 5.60 Å². The van der Waals surface area contributed by atoms with E-state index in [1.54, 1.807) is 19.9 Å². The standard InChI is InChI=1S/C14H13BrO2/c1-4-14(2,3)17-13-10-12(15)8-7-11(13)6-5-9-16/h1,5-10H,2-3H3. The summed E-state index contributed by atoms with van der Waals surface area (Å²) in [5, 5.41) is 0. The molecule has 0 amide bonds. The number of carbonyl (C=O) groups is 1. The highest BCUT2D eigenvalue weighted by Gasteiger charge is 2.17. The molecule has 0 bridgehead atoms. The molecule has 0 spiro atoms. The molecule has 1 aromatic carbocycles. The number of benzene rings is 1. The maximum atomic E-state index is 10.3. The first-order valence-electron chi connectivity index (χ1n) is 5.06. The molecule has 1 rings (SSSR count). The van der Waals surface area contributed by atoms with Crippen LogP contribution in [0.25, 0.3) is 6.08 Å². The number of rotatable bonds is 4. The lowest BCUT2D eigenvalue weighted by Crippen LogP contribution is -2.25. The third-order valence-corrected chi connectivity index (χ3v) is 2.54. The minimum Gasteiger partial charge on any atom is -0.475 e. The second-order valence-electron chi connectivity index (χ2n) is 3.93. The van der Waals surface area contributed by atoms with E-state index >= 15 is 0 Å². The van der Waals surface area contributed by atoms with Crippen molar-refractivity contribution in [2.45, 2.75) is 19.4 Å². The molecular formula is C14H13BrO2. The maximum absolute atomic E-state index is 10.3. The Bertz CT molecular complexity index is 481. The second-order valence-corrected chi connectivity index (χ2v) is 4.85. The van der Waals surface area contributed by atoms with Gasteiger partial charge in [-0.25, -0.2) is 0 Å². The van der Waals surface area contributed by atoms with Crippen molar-refractivity contribution >= 4 is 28.3 Å². The Hall–Kier alpha value is -1.53. The van der Waals surface area contributed by atoms with Gasteiger partial charge in [0.1, 0.15) is 12.0 Å². The summed E-state index contributed by atoms with van der Waals surface area (Å²) in [6.45, 7) is 3.61. The van der Waals surface area contributed by atoms with Crippen LogP contribution in [0.2, 0.25) is 0 Å². The van der Waals surface area contributed by atoms with Crippen LogP contribution < -0.4 is 4.74 Å². The molecule has 0 fully saturated rings. The van der Waals surface area contributed by atoms with Gasteiger partial charge in [-0.1, -0.05) is 27.9 Å². The number of aldehydes is 1. The van der Waals surface area contributed by atoms with Crippen molar-refractivity contribution in [2.24, 2.45) is 0 Å². The Morgan fingerprint density at radius 1 is 1.47 bits per heavy atom. The first-order valence-corrected chi connectivity index (χ1v) is 5.86. The van der Waals surface area contributed by atoms with Crippen LogP contribution >= 0.6 is 15.9 Å². The second kappa shape index (κ2) is 5.70. The van der Waals surface area contributed by atoms with Crippen LogP contribution in [0.5, 0.6) is 5.75 Å². The van der Waals surface area contributed by atoms with E-state index in [0.29, 0.717) is 5.75 Å². The van der Waals surface area contributed by atoms with Crippen LogP contribution in [-0.4, -0.2) is 11.9 Å². The summed E-state index contributed by atoms with van der Waals surface area (Å²) >= 11 is 3.37.